The molecule has 0 amide bonds. The second-order valence-electron chi connectivity index (χ2n) is 12.6. The molecule has 0 bridgehead atoms. The van der Waals surface area contributed by atoms with Gasteiger partial charge in [0.2, 0.25) is 0 Å². The van der Waals surface area contributed by atoms with Gasteiger partial charge < -0.3 is 4.90 Å². The normalized spacial score (nSPS) is 15.2. The van der Waals surface area contributed by atoms with E-state index >= 15 is 0 Å². The zero-order valence-corrected chi connectivity index (χ0v) is 24.1. The fourth-order valence-electron chi connectivity index (χ4n) is 7.50. The summed E-state index contributed by atoms with van der Waals surface area (Å²) in [6.07, 6.45) is 0. The molecule has 8 rings (SSSR count). The Labute approximate surface area is 242 Å². The monoisotopic (exact) mass is 527 g/mol. The van der Waals surface area contributed by atoms with Crippen LogP contribution in [-0.2, 0) is 10.8 Å². The number of fused-ring (bicyclic) bond motifs is 7. The van der Waals surface area contributed by atoms with E-state index in [0.29, 0.717) is 0 Å². The minimum atomic E-state index is -0.0468. The minimum absolute atomic E-state index is 0.0230. The molecule has 0 radical (unpaired) electrons. The molecule has 0 fully saturated rings. The van der Waals surface area contributed by atoms with Crippen molar-refractivity contribution in [2.75, 3.05) is 4.90 Å². The first-order valence-electron chi connectivity index (χ1n) is 14.6. The van der Waals surface area contributed by atoms with Crippen molar-refractivity contribution in [1.29, 1.82) is 0 Å². The number of para-hydroxylation sites is 1. The third-order valence-electron chi connectivity index (χ3n) is 9.62. The topological polar surface area (TPSA) is 3.24 Å². The average Bonchev–Trinajstić information content (AvgIpc) is 3.37. The molecule has 1 heteroatoms. The van der Waals surface area contributed by atoms with E-state index in [4.69, 9.17) is 0 Å². The maximum atomic E-state index is 2.45. The van der Waals surface area contributed by atoms with E-state index in [-0.39, 0.29) is 10.8 Å². The van der Waals surface area contributed by atoms with Crippen LogP contribution < -0.4 is 4.90 Å². The number of nitrogens with zero attached hydrogens (tertiary/aromatic N) is 1. The quantitative estimate of drug-likeness (QED) is 0.221. The molecule has 0 spiro atoms. The lowest BCUT2D eigenvalue weighted by atomic mass is 9.82. The average molecular weight is 528 g/mol. The summed E-state index contributed by atoms with van der Waals surface area (Å²) < 4.78 is 0. The van der Waals surface area contributed by atoms with Crippen molar-refractivity contribution in [3.8, 4) is 22.3 Å². The Bertz CT molecular complexity index is 1990. The Hall–Kier alpha value is -4.62. The van der Waals surface area contributed by atoms with Gasteiger partial charge in [-0.3, -0.25) is 0 Å². The third-order valence-corrected chi connectivity index (χ3v) is 9.62. The molecule has 0 aliphatic heterocycles. The Morgan fingerprint density at radius 1 is 0.415 bits per heavy atom. The molecule has 2 aliphatic carbocycles. The van der Waals surface area contributed by atoms with Crippen LogP contribution >= 0.6 is 0 Å². The number of hydrogen-bond acceptors (Lipinski definition) is 1. The molecule has 0 aromatic heterocycles. The van der Waals surface area contributed by atoms with Gasteiger partial charge in [0.1, 0.15) is 0 Å². The largest absolute Gasteiger partial charge is 0.310 e. The predicted molar refractivity (Wildman–Crippen MR) is 174 cm³/mol. The molecular formula is C40H33N. The van der Waals surface area contributed by atoms with Gasteiger partial charge in [0.25, 0.3) is 0 Å². The molecule has 0 N–H and O–H groups in total. The highest BCUT2D eigenvalue weighted by Gasteiger charge is 2.38. The van der Waals surface area contributed by atoms with Crippen molar-refractivity contribution in [3.63, 3.8) is 0 Å². The summed E-state index contributed by atoms with van der Waals surface area (Å²) in [5.74, 6) is 0. The molecule has 0 saturated carbocycles. The second-order valence-corrected chi connectivity index (χ2v) is 12.6. The maximum absolute atomic E-state index is 2.45. The van der Waals surface area contributed by atoms with E-state index in [1.54, 1.807) is 0 Å². The standard InChI is InChI=1S/C40H33N/c1-39(2)34-18-11-9-16-31(34)38-35(39)19-12-20-37(38)41(28-13-6-5-7-14-28)29-22-21-26-24-32-30-15-8-10-17-33(30)40(3,4)36(32)25-27(26)23-29/h5-25H,1-4H3. The number of benzene rings is 6. The highest BCUT2D eigenvalue weighted by Crippen LogP contribution is 2.54. The lowest BCUT2D eigenvalue weighted by Crippen LogP contribution is -2.16. The summed E-state index contributed by atoms with van der Waals surface area (Å²) in [6.45, 7) is 9.42. The lowest BCUT2D eigenvalue weighted by Gasteiger charge is -2.29. The summed E-state index contributed by atoms with van der Waals surface area (Å²) in [5.41, 5.74) is 14.5. The van der Waals surface area contributed by atoms with Crippen molar-refractivity contribution in [1.82, 2.24) is 0 Å². The minimum Gasteiger partial charge on any atom is -0.310 e. The molecular weight excluding hydrogens is 494 g/mol. The van der Waals surface area contributed by atoms with E-state index < -0.39 is 0 Å². The van der Waals surface area contributed by atoms with Crippen LogP contribution in [0.3, 0.4) is 0 Å². The van der Waals surface area contributed by atoms with Crippen molar-refractivity contribution in [2.24, 2.45) is 0 Å². The Kier molecular flexibility index (Phi) is 4.98. The molecule has 1 nitrogen and oxygen atoms in total. The van der Waals surface area contributed by atoms with Crippen LogP contribution in [0.15, 0.2) is 127 Å². The van der Waals surface area contributed by atoms with Gasteiger partial charge in [-0.1, -0.05) is 113 Å². The first kappa shape index (κ1) is 24.2. The van der Waals surface area contributed by atoms with E-state index in [9.17, 15) is 0 Å². The van der Waals surface area contributed by atoms with E-state index in [0.717, 1.165) is 5.69 Å². The molecule has 0 saturated heterocycles. The maximum Gasteiger partial charge on any atom is 0.0543 e. The van der Waals surface area contributed by atoms with Crippen LogP contribution in [0.2, 0.25) is 0 Å². The van der Waals surface area contributed by atoms with Gasteiger partial charge >= 0.3 is 0 Å². The van der Waals surface area contributed by atoms with Gasteiger partial charge in [-0.25, -0.2) is 0 Å². The first-order valence-corrected chi connectivity index (χ1v) is 14.6. The zero-order valence-electron chi connectivity index (χ0n) is 24.1. The first-order chi connectivity index (χ1) is 19.9. The fraction of sp³-hybridized carbons (Fsp3) is 0.150. The van der Waals surface area contributed by atoms with Crippen LogP contribution in [0.1, 0.15) is 49.9 Å². The number of hydrogen-bond donors (Lipinski definition) is 0. The molecule has 2 aliphatic rings. The van der Waals surface area contributed by atoms with Crippen LogP contribution in [0, 0.1) is 0 Å². The highest BCUT2D eigenvalue weighted by atomic mass is 15.1. The molecule has 0 heterocycles. The molecule has 198 valence electrons. The van der Waals surface area contributed by atoms with Gasteiger partial charge in [-0.15, -0.1) is 0 Å². The summed E-state index contributed by atoms with van der Waals surface area (Å²) in [4.78, 5) is 2.45. The van der Waals surface area contributed by atoms with Gasteiger partial charge in [-0.2, -0.15) is 0 Å². The van der Waals surface area contributed by atoms with Gasteiger partial charge in [0.05, 0.1) is 5.69 Å². The van der Waals surface area contributed by atoms with Gasteiger partial charge in [0, 0.05) is 27.8 Å². The number of rotatable bonds is 3. The van der Waals surface area contributed by atoms with Crippen molar-refractivity contribution in [2.45, 2.75) is 38.5 Å². The molecule has 0 unspecified atom stereocenters. The van der Waals surface area contributed by atoms with Gasteiger partial charge in [-0.05, 0) is 92.2 Å². The van der Waals surface area contributed by atoms with E-state index in [2.05, 4.69) is 160 Å². The predicted octanol–water partition coefficient (Wildman–Crippen LogP) is 10.9. The summed E-state index contributed by atoms with van der Waals surface area (Å²) in [5, 5.41) is 2.55. The van der Waals surface area contributed by atoms with Crippen molar-refractivity contribution < 1.29 is 0 Å². The van der Waals surface area contributed by atoms with Crippen LogP contribution in [0.4, 0.5) is 17.1 Å². The lowest BCUT2D eigenvalue weighted by molar-refractivity contribution is 0.660. The Morgan fingerprint density at radius 2 is 1.05 bits per heavy atom. The Morgan fingerprint density at radius 3 is 1.83 bits per heavy atom. The van der Waals surface area contributed by atoms with Gasteiger partial charge in [0.15, 0.2) is 0 Å². The molecule has 6 aromatic rings. The SMILES string of the molecule is CC1(C)c2ccccc2-c2cc3ccc(N(c4ccccc4)c4cccc5c4-c4ccccc4C5(C)C)cc3cc21. The molecule has 41 heavy (non-hydrogen) atoms. The fourth-order valence-corrected chi connectivity index (χ4v) is 7.50. The molecule has 6 aromatic carbocycles. The van der Waals surface area contributed by atoms with Crippen molar-refractivity contribution >= 4 is 27.8 Å². The number of anilines is 3. The zero-order chi connectivity index (χ0) is 27.9. The summed E-state index contributed by atoms with van der Waals surface area (Å²) in [6, 6.07) is 47.3. The summed E-state index contributed by atoms with van der Waals surface area (Å²) in [7, 11) is 0. The van der Waals surface area contributed by atoms with E-state index in [1.807, 2.05) is 0 Å². The third kappa shape index (κ3) is 3.36. The smallest absolute Gasteiger partial charge is 0.0543 e. The summed E-state index contributed by atoms with van der Waals surface area (Å²) >= 11 is 0. The molecule has 0 atom stereocenters. The highest BCUT2D eigenvalue weighted by molar-refractivity contribution is 5.99. The van der Waals surface area contributed by atoms with Crippen LogP contribution in [0.5, 0.6) is 0 Å². The van der Waals surface area contributed by atoms with Crippen LogP contribution in [-0.4, -0.2) is 0 Å². The van der Waals surface area contributed by atoms with Crippen molar-refractivity contribution in [3.05, 3.63) is 150 Å². The second kappa shape index (κ2) is 8.44. The Balaban J connectivity index is 1.36. The van der Waals surface area contributed by atoms with Crippen LogP contribution in [0.25, 0.3) is 33.0 Å². The van der Waals surface area contributed by atoms with E-state index in [1.165, 1.54) is 66.7 Å².